The van der Waals surface area contributed by atoms with Crippen molar-refractivity contribution in [3.05, 3.63) is 0 Å². The summed E-state index contributed by atoms with van der Waals surface area (Å²) < 4.78 is 0. The zero-order valence-corrected chi connectivity index (χ0v) is 8.70. The minimum Gasteiger partial charge on any atom is -1.00 e. The standard InChI is InChI=1S/Al.Mg.2H4O4Si.5H/c;;2*1-5(2,3)4;;;;;/h;;2*1-4H;;;;;/q;+2;;;;;;2*-1. The van der Waals surface area contributed by atoms with Gasteiger partial charge in [0.2, 0.25) is 0 Å². The Hall–Kier alpha value is 1.41. The van der Waals surface area contributed by atoms with Crippen LogP contribution in [-0.4, -0.2) is 96.9 Å². The van der Waals surface area contributed by atoms with Crippen LogP contribution in [-0.2, 0) is 0 Å². The van der Waals surface area contributed by atoms with Gasteiger partial charge in [-0.05, 0) is 0 Å². The smallest absolute Gasteiger partial charge is 1.00 e. The topological polar surface area (TPSA) is 162 Å². The van der Waals surface area contributed by atoms with Crippen LogP contribution in [0.15, 0.2) is 0 Å². The van der Waals surface area contributed by atoms with Gasteiger partial charge in [0, 0.05) is 0 Å². The first-order valence-electron chi connectivity index (χ1n) is 1.79. The molecule has 12 heavy (non-hydrogen) atoms. The molecule has 0 aromatic carbocycles. The molecular weight excluding hydrogens is 235 g/mol. The molecule has 0 aromatic heterocycles. The van der Waals surface area contributed by atoms with Crippen LogP contribution in [0.3, 0.4) is 0 Å². The van der Waals surface area contributed by atoms with Gasteiger partial charge in [-0.15, -0.1) is 0 Å². The van der Waals surface area contributed by atoms with E-state index in [-0.39, 0.29) is 43.3 Å². The number of hydrogen-bond donors (Lipinski definition) is 8. The normalized spacial score (nSPS) is 10.0. The van der Waals surface area contributed by atoms with E-state index < -0.39 is 18.1 Å². The molecule has 0 aliphatic heterocycles. The van der Waals surface area contributed by atoms with Crippen LogP contribution < -0.4 is 0 Å². The van der Waals surface area contributed by atoms with Crippen LogP contribution >= 0.6 is 0 Å². The first kappa shape index (κ1) is 23.3. The summed E-state index contributed by atoms with van der Waals surface area (Å²) in [6, 6.07) is 0. The molecule has 0 spiro atoms. The zero-order valence-electron chi connectivity index (χ0n) is 7.28. The molecule has 0 bridgehead atoms. The van der Waals surface area contributed by atoms with E-state index in [1.807, 2.05) is 0 Å². The van der Waals surface area contributed by atoms with Crippen molar-refractivity contribution in [1.29, 1.82) is 0 Å². The van der Waals surface area contributed by atoms with E-state index in [1.54, 1.807) is 0 Å². The third kappa shape index (κ3) is 620. The fraction of sp³-hybridized carbons (Fsp3) is 0. The SMILES string of the molecule is O[Si](O)(O)O.O[Si](O)(O)O.[AlH3].[H-].[H-].[Mg+2]. The molecule has 0 radical (unpaired) electrons. The molecule has 0 rings (SSSR count). The maximum atomic E-state index is 7.33. The average molecular weight is 249 g/mol. The quantitative estimate of drug-likeness (QED) is 0.196. The van der Waals surface area contributed by atoms with Crippen LogP contribution in [0.1, 0.15) is 2.85 Å². The Morgan fingerprint density at radius 3 is 0.583 bits per heavy atom. The van der Waals surface area contributed by atoms with Crippen molar-refractivity contribution in [2.75, 3.05) is 0 Å². The molecule has 0 unspecified atom stereocenters. The van der Waals surface area contributed by atoms with Crippen molar-refractivity contribution in [3.63, 3.8) is 0 Å². The Kier molecular flexibility index (Phi) is 17.5. The Morgan fingerprint density at radius 1 is 0.583 bits per heavy atom. The van der Waals surface area contributed by atoms with E-state index in [9.17, 15) is 0 Å². The Balaban J connectivity index is -0.0000000178. The summed E-state index contributed by atoms with van der Waals surface area (Å²) in [5, 5.41) is 0. The van der Waals surface area contributed by atoms with Crippen LogP contribution in [0.2, 0.25) is 0 Å². The molecule has 0 aromatic rings. The van der Waals surface area contributed by atoms with E-state index in [0.29, 0.717) is 0 Å². The molecule has 0 aliphatic rings. The van der Waals surface area contributed by atoms with Gasteiger partial charge in [-0.25, -0.2) is 0 Å². The first-order valence-corrected chi connectivity index (χ1v) is 5.37. The van der Waals surface area contributed by atoms with Crippen molar-refractivity contribution < 1.29 is 41.2 Å². The molecule has 0 atom stereocenters. The second-order valence-corrected chi connectivity index (χ2v) is 3.60. The van der Waals surface area contributed by atoms with E-state index in [0.717, 1.165) is 0 Å². The summed E-state index contributed by atoms with van der Waals surface area (Å²) in [4.78, 5) is 58.6. The molecule has 12 heteroatoms. The van der Waals surface area contributed by atoms with Crippen LogP contribution in [0.4, 0.5) is 0 Å². The number of hydrogen-bond acceptors (Lipinski definition) is 8. The van der Waals surface area contributed by atoms with Gasteiger partial charge in [-0.3, -0.25) is 0 Å². The van der Waals surface area contributed by atoms with Gasteiger partial charge >= 0.3 is 41.1 Å². The summed E-state index contributed by atoms with van der Waals surface area (Å²) in [5.41, 5.74) is 0. The van der Waals surface area contributed by atoms with E-state index >= 15 is 0 Å². The Labute approximate surface area is 99.6 Å². The van der Waals surface area contributed by atoms with Crippen molar-refractivity contribution in [2.24, 2.45) is 0 Å². The van der Waals surface area contributed by atoms with Gasteiger partial charge in [0.15, 0.2) is 17.4 Å². The predicted molar refractivity (Wildman–Crippen MR) is 47.2 cm³/mol. The molecular formula is H13AlMgO8Si2. The third-order valence-corrected chi connectivity index (χ3v) is 0. The molecule has 74 valence electrons. The molecule has 0 aliphatic carbocycles. The monoisotopic (exact) mass is 248 g/mol. The van der Waals surface area contributed by atoms with Gasteiger partial charge in [0.05, 0.1) is 0 Å². The second kappa shape index (κ2) is 8.99. The maximum Gasteiger partial charge on any atom is 2.00 e. The molecule has 0 heterocycles. The van der Waals surface area contributed by atoms with Crippen LogP contribution in [0.25, 0.3) is 0 Å². The zero-order chi connectivity index (χ0) is 9.00. The Morgan fingerprint density at radius 2 is 0.583 bits per heavy atom. The number of rotatable bonds is 0. The molecule has 0 saturated carbocycles. The molecule has 8 N–H and O–H groups in total. The van der Waals surface area contributed by atoms with E-state index in [2.05, 4.69) is 0 Å². The third-order valence-electron chi connectivity index (χ3n) is 0. The van der Waals surface area contributed by atoms with Crippen molar-refractivity contribution in [1.82, 2.24) is 0 Å². The average Bonchev–Trinajstić information content (AvgIpc) is 1.12. The summed E-state index contributed by atoms with van der Waals surface area (Å²) in [7, 11) is -9.22. The Bertz CT molecular complexity index is 68.3. The van der Waals surface area contributed by atoms with Crippen molar-refractivity contribution in [3.8, 4) is 0 Å². The van der Waals surface area contributed by atoms with E-state index in [1.165, 1.54) is 0 Å². The summed E-state index contributed by atoms with van der Waals surface area (Å²) >= 11 is 0. The van der Waals surface area contributed by atoms with Gasteiger partial charge in [-0.1, -0.05) is 0 Å². The first-order chi connectivity index (χ1) is 4.00. The van der Waals surface area contributed by atoms with Gasteiger partial charge < -0.3 is 41.2 Å². The minimum atomic E-state index is -4.61. The van der Waals surface area contributed by atoms with Crippen LogP contribution in [0, 0.1) is 0 Å². The summed E-state index contributed by atoms with van der Waals surface area (Å²) in [5.74, 6) is 0. The maximum absolute atomic E-state index is 7.33. The molecule has 0 fully saturated rings. The van der Waals surface area contributed by atoms with Crippen molar-refractivity contribution >= 4 is 58.5 Å². The molecule has 8 nitrogen and oxygen atoms in total. The summed E-state index contributed by atoms with van der Waals surface area (Å²) in [6.07, 6.45) is 0. The van der Waals surface area contributed by atoms with Crippen molar-refractivity contribution in [2.45, 2.75) is 0 Å². The molecule has 0 saturated heterocycles. The largest absolute Gasteiger partial charge is 2.00 e. The fourth-order valence-electron chi connectivity index (χ4n) is 0. The molecule has 0 amide bonds. The predicted octanol–water partition coefficient (Wildman–Crippen LogP) is -6.56. The van der Waals surface area contributed by atoms with Gasteiger partial charge in [0.1, 0.15) is 0 Å². The van der Waals surface area contributed by atoms with E-state index in [4.69, 9.17) is 38.4 Å². The second-order valence-electron chi connectivity index (χ2n) is 1.20. The fourth-order valence-corrected chi connectivity index (χ4v) is 0. The minimum absolute atomic E-state index is 0. The van der Waals surface area contributed by atoms with Gasteiger partial charge in [-0.2, -0.15) is 0 Å². The summed E-state index contributed by atoms with van der Waals surface area (Å²) in [6.45, 7) is 0. The van der Waals surface area contributed by atoms with Gasteiger partial charge in [0.25, 0.3) is 0 Å². The van der Waals surface area contributed by atoms with Crippen LogP contribution in [0.5, 0.6) is 0 Å².